The highest BCUT2D eigenvalue weighted by molar-refractivity contribution is 5.41. The van der Waals surface area contributed by atoms with E-state index < -0.39 is 0 Å². The maximum absolute atomic E-state index is 8.76. The lowest BCUT2D eigenvalue weighted by atomic mass is 10.3. The Morgan fingerprint density at radius 1 is 1.41 bits per heavy atom. The first-order chi connectivity index (χ1) is 8.19. The van der Waals surface area contributed by atoms with Gasteiger partial charge in [0.25, 0.3) is 0 Å². The third-order valence-corrected chi connectivity index (χ3v) is 2.35. The van der Waals surface area contributed by atoms with E-state index >= 15 is 0 Å². The molecular formula is C12H12N4O. The third kappa shape index (κ3) is 2.61. The number of hydrogen-bond donors (Lipinski definition) is 0. The zero-order valence-electron chi connectivity index (χ0n) is 9.71. The molecule has 0 unspecified atom stereocenters. The molecule has 0 saturated heterocycles. The molecule has 0 bridgehead atoms. The van der Waals surface area contributed by atoms with Gasteiger partial charge in [-0.15, -0.1) is 0 Å². The van der Waals surface area contributed by atoms with Gasteiger partial charge in [-0.05, 0) is 19.1 Å². The van der Waals surface area contributed by atoms with Crippen molar-refractivity contribution < 1.29 is 4.42 Å². The van der Waals surface area contributed by atoms with E-state index in [1.165, 1.54) is 6.33 Å². The topological polar surface area (TPSA) is 66.0 Å². The molecule has 0 aromatic carbocycles. The van der Waals surface area contributed by atoms with Gasteiger partial charge in [0, 0.05) is 13.1 Å². The van der Waals surface area contributed by atoms with Gasteiger partial charge in [-0.1, -0.05) is 0 Å². The summed E-state index contributed by atoms with van der Waals surface area (Å²) in [6, 6.07) is 7.49. The molecule has 0 amide bonds. The van der Waals surface area contributed by atoms with Crippen LogP contribution in [-0.4, -0.2) is 17.0 Å². The number of aryl methyl sites for hydroxylation is 1. The van der Waals surface area contributed by atoms with E-state index in [-0.39, 0.29) is 0 Å². The van der Waals surface area contributed by atoms with Crippen LogP contribution >= 0.6 is 0 Å². The fourth-order valence-electron chi connectivity index (χ4n) is 1.50. The molecule has 0 N–H and O–H groups in total. The average molecular weight is 228 g/mol. The summed E-state index contributed by atoms with van der Waals surface area (Å²) in [5, 5.41) is 8.76. The molecule has 0 saturated carbocycles. The van der Waals surface area contributed by atoms with Gasteiger partial charge in [0.05, 0.1) is 6.54 Å². The van der Waals surface area contributed by atoms with Gasteiger partial charge in [0.2, 0.25) is 0 Å². The van der Waals surface area contributed by atoms with Crippen LogP contribution in [0.25, 0.3) is 0 Å². The van der Waals surface area contributed by atoms with E-state index in [4.69, 9.17) is 9.68 Å². The minimum Gasteiger partial charge on any atom is -0.464 e. The normalized spacial score (nSPS) is 9.94. The number of rotatable bonds is 3. The zero-order valence-corrected chi connectivity index (χ0v) is 9.71. The van der Waals surface area contributed by atoms with Crippen molar-refractivity contribution in [2.75, 3.05) is 11.9 Å². The number of furan rings is 1. The lowest BCUT2D eigenvalue weighted by Gasteiger charge is -2.16. The van der Waals surface area contributed by atoms with E-state index in [0.717, 1.165) is 11.5 Å². The molecule has 5 nitrogen and oxygen atoms in total. The average Bonchev–Trinajstić information content (AvgIpc) is 2.75. The number of aromatic nitrogens is 2. The fourth-order valence-corrected chi connectivity index (χ4v) is 1.50. The van der Waals surface area contributed by atoms with Gasteiger partial charge < -0.3 is 9.32 Å². The van der Waals surface area contributed by atoms with Crippen LogP contribution in [0.2, 0.25) is 0 Å². The fraction of sp³-hybridized carbons (Fsp3) is 0.250. The summed E-state index contributed by atoms with van der Waals surface area (Å²) in [5.41, 5.74) is 0.359. The Labute approximate surface area is 99.3 Å². The molecular weight excluding hydrogens is 216 g/mol. The van der Waals surface area contributed by atoms with E-state index in [1.54, 1.807) is 6.07 Å². The maximum Gasteiger partial charge on any atom is 0.145 e. The Morgan fingerprint density at radius 2 is 2.24 bits per heavy atom. The van der Waals surface area contributed by atoms with Gasteiger partial charge >= 0.3 is 0 Å². The van der Waals surface area contributed by atoms with Crippen LogP contribution in [0.1, 0.15) is 17.2 Å². The lowest BCUT2D eigenvalue weighted by molar-refractivity contribution is 0.481. The largest absolute Gasteiger partial charge is 0.464 e. The Hall–Kier alpha value is -2.35. The summed E-state index contributed by atoms with van der Waals surface area (Å²) in [6.07, 6.45) is 1.39. The minimum absolute atomic E-state index is 0.359. The summed E-state index contributed by atoms with van der Waals surface area (Å²) in [5.74, 6) is 2.45. The Bertz CT molecular complexity index is 556. The van der Waals surface area contributed by atoms with Crippen molar-refractivity contribution in [2.24, 2.45) is 0 Å². The Kier molecular flexibility index (Phi) is 3.06. The van der Waals surface area contributed by atoms with Crippen molar-refractivity contribution in [3.05, 3.63) is 41.7 Å². The predicted molar refractivity (Wildman–Crippen MR) is 62.3 cm³/mol. The second kappa shape index (κ2) is 4.66. The Balaban J connectivity index is 2.14. The molecule has 5 heteroatoms. The number of nitrogens with zero attached hydrogens (tertiary/aromatic N) is 4. The SMILES string of the molecule is Cc1ccc(CN(C)c2cc(C#N)ncn2)o1. The van der Waals surface area contributed by atoms with Crippen molar-refractivity contribution in [1.82, 2.24) is 9.97 Å². The van der Waals surface area contributed by atoms with Crippen molar-refractivity contribution in [3.8, 4) is 6.07 Å². The summed E-state index contributed by atoms with van der Waals surface area (Å²) in [7, 11) is 1.89. The third-order valence-electron chi connectivity index (χ3n) is 2.35. The van der Waals surface area contributed by atoms with E-state index in [2.05, 4.69) is 9.97 Å². The van der Waals surface area contributed by atoms with Crippen LogP contribution in [0, 0.1) is 18.3 Å². The molecule has 2 aromatic heterocycles. The van der Waals surface area contributed by atoms with Crippen molar-refractivity contribution in [2.45, 2.75) is 13.5 Å². The molecule has 2 aromatic rings. The first kappa shape index (κ1) is 11.1. The van der Waals surface area contributed by atoms with Crippen LogP contribution in [0.3, 0.4) is 0 Å². The van der Waals surface area contributed by atoms with E-state index in [0.29, 0.717) is 18.1 Å². The summed E-state index contributed by atoms with van der Waals surface area (Å²) >= 11 is 0. The Morgan fingerprint density at radius 3 is 2.88 bits per heavy atom. The number of nitriles is 1. The second-order valence-electron chi connectivity index (χ2n) is 3.74. The highest BCUT2D eigenvalue weighted by atomic mass is 16.3. The minimum atomic E-state index is 0.359. The molecule has 0 aliphatic rings. The zero-order chi connectivity index (χ0) is 12.3. The highest BCUT2D eigenvalue weighted by Gasteiger charge is 2.07. The standard InChI is InChI=1S/C12H12N4O/c1-9-3-4-11(17-9)7-16(2)12-5-10(6-13)14-8-15-12/h3-5,8H,7H2,1-2H3. The summed E-state index contributed by atoms with van der Waals surface area (Å²) < 4.78 is 5.48. The summed E-state index contributed by atoms with van der Waals surface area (Å²) in [4.78, 5) is 9.84. The van der Waals surface area contributed by atoms with Crippen LogP contribution in [0.5, 0.6) is 0 Å². The van der Waals surface area contributed by atoms with E-state index in [9.17, 15) is 0 Å². The molecule has 0 aliphatic heterocycles. The van der Waals surface area contributed by atoms with Crippen molar-refractivity contribution >= 4 is 5.82 Å². The van der Waals surface area contributed by atoms with Crippen LogP contribution in [0.15, 0.2) is 28.9 Å². The molecule has 0 aliphatic carbocycles. The van der Waals surface area contributed by atoms with Crippen LogP contribution in [-0.2, 0) is 6.54 Å². The van der Waals surface area contributed by atoms with Crippen LogP contribution < -0.4 is 4.90 Å². The first-order valence-electron chi connectivity index (χ1n) is 5.17. The molecule has 0 radical (unpaired) electrons. The maximum atomic E-state index is 8.76. The highest BCUT2D eigenvalue weighted by Crippen LogP contribution is 2.14. The molecule has 86 valence electrons. The molecule has 2 heterocycles. The molecule has 0 spiro atoms. The quantitative estimate of drug-likeness (QED) is 0.802. The van der Waals surface area contributed by atoms with Crippen molar-refractivity contribution in [3.63, 3.8) is 0 Å². The lowest BCUT2D eigenvalue weighted by Crippen LogP contribution is -2.17. The van der Waals surface area contributed by atoms with Gasteiger partial charge in [0.1, 0.15) is 35.4 Å². The second-order valence-corrected chi connectivity index (χ2v) is 3.74. The predicted octanol–water partition coefficient (Wildman–Crippen LogP) is 1.89. The molecule has 17 heavy (non-hydrogen) atoms. The van der Waals surface area contributed by atoms with Crippen molar-refractivity contribution in [1.29, 1.82) is 5.26 Å². The monoisotopic (exact) mass is 228 g/mol. The first-order valence-corrected chi connectivity index (χ1v) is 5.17. The van der Waals surface area contributed by atoms with Gasteiger partial charge in [-0.2, -0.15) is 5.26 Å². The van der Waals surface area contributed by atoms with Gasteiger partial charge in [-0.3, -0.25) is 0 Å². The smallest absolute Gasteiger partial charge is 0.145 e. The molecule has 0 fully saturated rings. The number of anilines is 1. The number of hydrogen-bond acceptors (Lipinski definition) is 5. The van der Waals surface area contributed by atoms with Gasteiger partial charge in [-0.25, -0.2) is 9.97 Å². The van der Waals surface area contributed by atoms with Crippen LogP contribution in [0.4, 0.5) is 5.82 Å². The van der Waals surface area contributed by atoms with E-state index in [1.807, 2.05) is 37.1 Å². The molecule has 0 atom stereocenters. The summed E-state index contributed by atoms with van der Waals surface area (Å²) in [6.45, 7) is 2.51. The molecule has 2 rings (SSSR count). The van der Waals surface area contributed by atoms with Gasteiger partial charge in [0.15, 0.2) is 0 Å².